The Hall–Kier alpha value is -3.79. The molecule has 0 radical (unpaired) electrons. The molecule has 0 saturated carbocycles. The normalized spacial score (nSPS) is 14.9. The Labute approximate surface area is 189 Å². The first-order valence-electron chi connectivity index (χ1n) is 11.1. The van der Waals surface area contributed by atoms with E-state index in [1.54, 1.807) is 0 Å². The van der Waals surface area contributed by atoms with Gasteiger partial charge < -0.3 is 14.8 Å². The van der Waals surface area contributed by atoms with Crippen LogP contribution in [-0.2, 0) is 13.0 Å². The number of carbonyl (C=O) groups is 1. The summed E-state index contributed by atoms with van der Waals surface area (Å²) in [4.78, 5) is 15.7. The number of urea groups is 1. The molecular formula is C28H27N3O. The van der Waals surface area contributed by atoms with Crippen molar-refractivity contribution in [1.82, 2.24) is 9.47 Å². The third-order valence-electron chi connectivity index (χ3n) is 6.32. The van der Waals surface area contributed by atoms with Crippen LogP contribution in [-0.4, -0.2) is 15.5 Å². The number of rotatable bonds is 3. The number of nitrogens with zero attached hydrogens (tertiary/aromatic N) is 2. The number of amides is 2. The van der Waals surface area contributed by atoms with Crippen LogP contribution < -0.4 is 5.32 Å². The van der Waals surface area contributed by atoms with E-state index in [0.717, 1.165) is 40.2 Å². The highest BCUT2D eigenvalue weighted by Gasteiger charge is 2.33. The second kappa shape index (κ2) is 8.39. The van der Waals surface area contributed by atoms with E-state index in [9.17, 15) is 4.79 Å². The van der Waals surface area contributed by atoms with Crippen molar-refractivity contribution in [2.75, 3.05) is 5.32 Å². The molecule has 1 N–H and O–H groups in total. The SMILES string of the molecule is CCc1ccc([C@H]2c3cccn3-c3ccccc3CN2C(=O)Nc2ccccc2C)cc1. The van der Waals surface area contributed by atoms with Crippen LogP contribution in [0.25, 0.3) is 5.69 Å². The van der Waals surface area contributed by atoms with Gasteiger partial charge in [0.15, 0.2) is 0 Å². The van der Waals surface area contributed by atoms with Gasteiger partial charge >= 0.3 is 6.03 Å². The summed E-state index contributed by atoms with van der Waals surface area (Å²) in [6.07, 6.45) is 3.08. The minimum absolute atomic E-state index is 0.103. The summed E-state index contributed by atoms with van der Waals surface area (Å²) in [6.45, 7) is 4.69. The first kappa shape index (κ1) is 20.1. The molecule has 4 heteroatoms. The molecule has 1 aliphatic rings. The minimum atomic E-state index is -0.202. The molecular weight excluding hydrogens is 394 g/mol. The van der Waals surface area contributed by atoms with Crippen LogP contribution in [0.5, 0.6) is 0 Å². The van der Waals surface area contributed by atoms with Crippen molar-refractivity contribution in [2.45, 2.75) is 32.9 Å². The molecule has 3 aromatic carbocycles. The molecule has 160 valence electrons. The first-order chi connectivity index (χ1) is 15.7. The van der Waals surface area contributed by atoms with Gasteiger partial charge in [-0.25, -0.2) is 4.79 Å². The van der Waals surface area contributed by atoms with E-state index in [1.807, 2.05) is 42.2 Å². The van der Waals surface area contributed by atoms with Crippen molar-refractivity contribution in [3.8, 4) is 5.69 Å². The standard InChI is InChI=1S/C28H27N3O/c1-3-21-14-16-22(17-15-21)27-26-13-8-18-30(26)25-12-7-5-10-23(25)19-31(27)28(32)29-24-11-6-4-9-20(24)2/h4-18,27H,3,19H2,1-2H3,(H,29,32)/t27-/m0/s1. The van der Waals surface area contributed by atoms with Crippen molar-refractivity contribution >= 4 is 11.7 Å². The average molecular weight is 422 g/mol. The Bertz CT molecular complexity index is 1260. The lowest BCUT2D eigenvalue weighted by molar-refractivity contribution is 0.194. The summed E-state index contributed by atoms with van der Waals surface area (Å²) >= 11 is 0. The molecule has 0 spiro atoms. The Kier molecular flexibility index (Phi) is 5.28. The zero-order chi connectivity index (χ0) is 22.1. The van der Waals surface area contributed by atoms with Gasteiger partial charge in [-0.15, -0.1) is 0 Å². The maximum absolute atomic E-state index is 13.7. The fourth-order valence-electron chi connectivity index (χ4n) is 4.53. The molecule has 1 aliphatic heterocycles. The van der Waals surface area contributed by atoms with Crippen LogP contribution >= 0.6 is 0 Å². The maximum Gasteiger partial charge on any atom is 0.322 e. The summed E-state index contributed by atoms with van der Waals surface area (Å²) in [7, 11) is 0. The van der Waals surface area contributed by atoms with Crippen LogP contribution in [0.3, 0.4) is 0 Å². The zero-order valence-corrected chi connectivity index (χ0v) is 18.5. The topological polar surface area (TPSA) is 37.3 Å². The Balaban J connectivity index is 1.63. The van der Waals surface area contributed by atoms with Gasteiger partial charge in [0.05, 0.1) is 18.3 Å². The average Bonchev–Trinajstić information content (AvgIpc) is 3.25. The highest BCUT2D eigenvalue weighted by molar-refractivity contribution is 5.91. The number of anilines is 1. The van der Waals surface area contributed by atoms with Crippen molar-refractivity contribution in [3.63, 3.8) is 0 Å². The van der Waals surface area contributed by atoms with E-state index in [-0.39, 0.29) is 12.1 Å². The summed E-state index contributed by atoms with van der Waals surface area (Å²) < 4.78 is 2.22. The number of benzene rings is 3. The fourth-order valence-corrected chi connectivity index (χ4v) is 4.53. The van der Waals surface area contributed by atoms with Gasteiger partial charge in [-0.1, -0.05) is 67.6 Å². The molecule has 0 saturated heterocycles. The highest BCUT2D eigenvalue weighted by Crippen LogP contribution is 2.37. The molecule has 4 aromatic rings. The molecule has 32 heavy (non-hydrogen) atoms. The zero-order valence-electron chi connectivity index (χ0n) is 18.5. The molecule has 1 aromatic heterocycles. The number of hydrogen-bond donors (Lipinski definition) is 1. The summed E-state index contributed by atoms with van der Waals surface area (Å²) in [6, 6.07) is 28.7. The van der Waals surface area contributed by atoms with Gasteiger partial charge in [0, 0.05) is 17.6 Å². The van der Waals surface area contributed by atoms with Crippen LogP contribution in [0.1, 0.15) is 40.9 Å². The van der Waals surface area contributed by atoms with Gasteiger partial charge in [-0.05, 0) is 59.9 Å². The van der Waals surface area contributed by atoms with E-state index in [1.165, 1.54) is 5.56 Å². The van der Waals surface area contributed by atoms with Gasteiger partial charge in [0.25, 0.3) is 0 Å². The molecule has 0 fully saturated rings. The summed E-state index contributed by atoms with van der Waals surface area (Å²) in [5.41, 5.74) is 7.60. The number of nitrogens with one attached hydrogen (secondary N) is 1. The largest absolute Gasteiger partial charge is 0.322 e. The van der Waals surface area contributed by atoms with Crippen LogP contribution in [0.2, 0.25) is 0 Å². The monoisotopic (exact) mass is 421 g/mol. The smallest absolute Gasteiger partial charge is 0.318 e. The van der Waals surface area contributed by atoms with E-state index in [4.69, 9.17) is 0 Å². The molecule has 5 rings (SSSR count). The second-order valence-electron chi connectivity index (χ2n) is 8.30. The van der Waals surface area contributed by atoms with Crippen molar-refractivity contribution in [3.05, 3.63) is 119 Å². The molecule has 4 nitrogen and oxygen atoms in total. The minimum Gasteiger partial charge on any atom is -0.318 e. The van der Waals surface area contributed by atoms with E-state index < -0.39 is 0 Å². The van der Waals surface area contributed by atoms with Crippen molar-refractivity contribution < 1.29 is 4.79 Å². The van der Waals surface area contributed by atoms with Crippen LogP contribution in [0.15, 0.2) is 91.1 Å². The molecule has 2 heterocycles. The van der Waals surface area contributed by atoms with Crippen molar-refractivity contribution in [2.24, 2.45) is 0 Å². The Morgan fingerprint density at radius 3 is 2.47 bits per heavy atom. The highest BCUT2D eigenvalue weighted by atomic mass is 16.2. The summed E-state index contributed by atoms with van der Waals surface area (Å²) in [5.74, 6) is 0. The first-order valence-corrected chi connectivity index (χ1v) is 11.1. The van der Waals surface area contributed by atoms with Crippen LogP contribution in [0.4, 0.5) is 10.5 Å². The number of hydrogen-bond acceptors (Lipinski definition) is 1. The second-order valence-corrected chi connectivity index (χ2v) is 8.30. The maximum atomic E-state index is 13.7. The number of aryl methyl sites for hydroxylation is 2. The lowest BCUT2D eigenvalue weighted by atomic mass is 10.00. The number of fused-ring (bicyclic) bond motifs is 3. The van der Waals surface area contributed by atoms with E-state index >= 15 is 0 Å². The van der Waals surface area contributed by atoms with Crippen LogP contribution in [0, 0.1) is 6.92 Å². The van der Waals surface area contributed by atoms with Gasteiger partial charge in [-0.3, -0.25) is 0 Å². The van der Waals surface area contributed by atoms with E-state index in [2.05, 4.69) is 77.6 Å². The van der Waals surface area contributed by atoms with Gasteiger partial charge in [0.1, 0.15) is 0 Å². The number of carbonyl (C=O) groups excluding carboxylic acids is 1. The molecule has 0 aliphatic carbocycles. The molecule has 2 amide bonds. The third kappa shape index (κ3) is 3.58. The Morgan fingerprint density at radius 2 is 1.69 bits per heavy atom. The lowest BCUT2D eigenvalue weighted by Gasteiger charge is -2.31. The van der Waals surface area contributed by atoms with Gasteiger partial charge in [0.2, 0.25) is 0 Å². The molecule has 0 bridgehead atoms. The van der Waals surface area contributed by atoms with E-state index in [0.29, 0.717) is 6.54 Å². The molecule has 1 atom stereocenters. The quantitative estimate of drug-likeness (QED) is 0.404. The fraction of sp³-hybridized carbons (Fsp3) is 0.179. The van der Waals surface area contributed by atoms with Gasteiger partial charge in [-0.2, -0.15) is 0 Å². The lowest BCUT2D eigenvalue weighted by Crippen LogP contribution is -2.38. The summed E-state index contributed by atoms with van der Waals surface area (Å²) in [5, 5.41) is 3.16. The molecule has 0 unspecified atom stereocenters. The number of para-hydroxylation sites is 2. The predicted octanol–water partition coefficient (Wildman–Crippen LogP) is 6.49. The number of aromatic nitrogens is 1. The third-order valence-corrected chi connectivity index (χ3v) is 6.32. The Morgan fingerprint density at radius 1 is 0.938 bits per heavy atom. The van der Waals surface area contributed by atoms with Crippen molar-refractivity contribution in [1.29, 1.82) is 0 Å². The predicted molar refractivity (Wildman–Crippen MR) is 129 cm³/mol.